The second-order valence-electron chi connectivity index (χ2n) is 4.22. The second kappa shape index (κ2) is 6.97. The Morgan fingerprint density at radius 3 is 3.10 bits per heavy atom. The van der Waals surface area contributed by atoms with Crippen LogP contribution >= 0.6 is 11.3 Å². The highest BCUT2D eigenvalue weighted by molar-refractivity contribution is 7.09. The number of rotatable bonds is 6. The zero-order valence-electron chi connectivity index (χ0n) is 10.9. The molecule has 106 valence electrons. The summed E-state index contributed by atoms with van der Waals surface area (Å²) in [4.78, 5) is 20.1. The molecule has 0 aliphatic rings. The van der Waals surface area contributed by atoms with Crippen LogP contribution in [0.15, 0.2) is 23.7 Å². The Kier molecular flexibility index (Phi) is 5.03. The van der Waals surface area contributed by atoms with E-state index in [4.69, 9.17) is 5.73 Å². The summed E-state index contributed by atoms with van der Waals surface area (Å²) in [5, 5.41) is 14.9. The van der Waals surface area contributed by atoms with Crippen molar-refractivity contribution in [3.05, 3.63) is 34.4 Å². The average molecular weight is 292 g/mol. The molecule has 2 aromatic rings. The summed E-state index contributed by atoms with van der Waals surface area (Å²) in [6.45, 7) is 0.633. The van der Waals surface area contributed by atoms with Crippen LogP contribution in [-0.2, 0) is 17.6 Å². The van der Waals surface area contributed by atoms with Crippen molar-refractivity contribution in [2.24, 2.45) is 5.73 Å². The SMILES string of the molecule is NCCCc1nc(CC(=O)Nc2ncccc2O)cs1. The first kappa shape index (κ1) is 14.4. The zero-order valence-corrected chi connectivity index (χ0v) is 11.7. The molecule has 7 heteroatoms. The van der Waals surface area contributed by atoms with Gasteiger partial charge in [-0.3, -0.25) is 4.79 Å². The number of carbonyl (C=O) groups is 1. The molecular weight excluding hydrogens is 276 g/mol. The van der Waals surface area contributed by atoms with Gasteiger partial charge in [0.15, 0.2) is 11.6 Å². The van der Waals surface area contributed by atoms with Crippen molar-refractivity contribution in [2.75, 3.05) is 11.9 Å². The second-order valence-corrected chi connectivity index (χ2v) is 5.16. The molecule has 0 aromatic carbocycles. The highest BCUT2D eigenvalue weighted by atomic mass is 32.1. The summed E-state index contributed by atoms with van der Waals surface area (Å²) in [7, 11) is 0. The van der Waals surface area contributed by atoms with Gasteiger partial charge in [0, 0.05) is 18.0 Å². The van der Waals surface area contributed by atoms with Gasteiger partial charge in [-0.1, -0.05) is 0 Å². The molecule has 20 heavy (non-hydrogen) atoms. The minimum atomic E-state index is -0.255. The van der Waals surface area contributed by atoms with Gasteiger partial charge in [-0.05, 0) is 25.1 Å². The lowest BCUT2D eigenvalue weighted by atomic mass is 10.3. The molecule has 1 amide bonds. The van der Waals surface area contributed by atoms with Crippen LogP contribution in [0, 0.1) is 0 Å². The predicted molar refractivity (Wildman–Crippen MR) is 77.7 cm³/mol. The topological polar surface area (TPSA) is 101 Å². The van der Waals surface area contributed by atoms with Gasteiger partial charge in [0.05, 0.1) is 17.1 Å². The summed E-state index contributed by atoms with van der Waals surface area (Å²) in [6.07, 6.45) is 3.39. The average Bonchev–Trinajstić information content (AvgIpc) is 2.86. The molecule has 0 radical (unpaired) electrons. The van der Waals surface area contributed by atoms with Gasteiger partial charge < -0.3 is 16.2 Å². The number of nitrogens with two attached hydrogens (primary N) is 1. The van der Waals surface area contributed by atoms with Gasteiger partial charge in [-0.2, -0.15) is 0 Å². The van der Waals surface area contributed by atoms with E-state index in [-0.39, 0.29) is 23.9 Å². The Hall–Kier alpha value is -1.99. The molecule has 0 atom stereocenters. The predicted octanol–water partition coefficient (Wildman–Crippen LogP) is 1.32. The van der Waals surface area contributed by atoms with Crippen LogP contribution in [0.5, 0.6) is 5.75 Å². The maximum Gasteiger partial charge on any atom is 0.231 e. The van der Waals surface area contributed by atoms with Crippen molar-refractivity contribution in [1.29, 1.82) is 0 Å². The third-order valence-corrected chi connectivity index (χ3v) is 3.54. The largest absolute Gasteiger partial charge is 0.504 e. The van der Waals surface area contributed by atoms with E-state index < -0.39 is 0 Å². The van der Waals surface area contributed by atoms with E-state index in [9.17, 15) is 9.90 Å². The van der Waals surface area contributed by atoms with E-state index in [0.717, 1.165) is 23.5 Å². The number of aromatic hydroxyl groups is 1. The van der Waals surface area contributed by atoms with Gasteiger partial charge in [0.1, 0.15) is 0 Å². The van der Waals surface area contributed by atoms with Crippen molar-refractivity contribution in [3.8, 4) is 5.75 Å². The monoisotopic (exact) mass is 292 g/mol. The van der Waals surface area contributed by atoms with Crippen LogP contribution in [0.2, 0.25) is 0 Å². The molecule has 0 spiro atoms. The number of thiazole rings is 1. The molecule has 0 saturated carbocycles. The van der Waals surface area contributed by atoms with Crippen molar-refractivity contribution in [1.82, 2.24) is 9.97 Å². The van der Waals surface area contributed by atoms with E-state index in [1.165, 1.54) is 23.6 Å². The molecule has 0 bridgehead atoms. The maximum absolute atomic E-state index is 11.8. The number of nitrogens with zero attached hydrogens (tertiary/aromatic N) is 2. The molecule has 0 aliphatic carbocycles. The number of hydrogen-bond acceptors (Lipinski definition) is 6. The number of aryl methyl sites for hydroxylation is 1. The molecule has 2 aromatic heterocycles. The van der Waals surface area contributed by atoms with Gasteiger partial charge in [0.25, 0.3) is 0 Å². The summed E-state index contributed by atoms with van der Waals surface area (Å²) < 4.78 is 0. The van der Waals surface area contributed by atoms with E-state index in [1.807, 2.05) is 5.38 Å². The molecule has 4 N–H and O–H groups in total. The number of amides is 1. The highest BCUT2D eigenvalue weighted by Gasteiger charge is 2.10. The molecule has 6 nitrogen and oxygen atoms in total. The molecule has 2 rings (SSSR count). The van der Waals surface area contributed by atoms with Gasteiger partial charge in [-0.15, -0.1) is 11.3 Å². The maximum atomic E-state index is 11.8. The van der Waals surface area contributed by atoms with Crippen LogP contribution in [0.1, 0.15) is 17.1 Å². The van der Waals surface area contributed by atoms with Crippen molar-refractivity contribution >= 4 is 23.1 Å². The van der Waals surface area contributed by atoms with Crippen LogP contribution in [0.25, 0.3) is 0 Å². The summed E-state index contributed by atoms with van der Waals surface area (Å²) in [5.41, 5.74) is 6.16. The molecule has 2 heterocycles. The normalized spacial score (nSPS) is 10.4. The van der Waals surface area contributed by atoms with E-state index in [0.29, 0.717) is 6.54 Å². The van der Waals surface area contributed by atoms with Gasteiger partial charge in [-0.25, -0.2) is 9.97 Å². The van der Waals surface area contributed by atoms with E-state index >= 15 is 0 Å². The van der Waals surface area contributed by atoms with E-state index in [1.54, 1.807) is 6.07 Å². The number of hydrogen-bond donors (Lipinski definition) is 3. The minimum Gasteiger partial charge on any atom is -0.504 e. The Bertz CT molecular complexity index is 585. The fourth-order valence-electron chi connectivity index (χ4n) is 1.63. The summed E-state index contributed by atoms with van der Waals surface area (Å²) >= 11 is 1.53. The summed E-state index contributed by atoms with van der Waals surface area (Å²) in [5.74, 6) is -0.145. The lowest BCUT2D eigenvalue weighted by Crippen LogP contribution is -2.15. The zero-order chi connectivity index (χ0) is 14.4. The minimum absolute atomic E-state index is 0.0530. The molecule has 0 aliphatic heterocycles. The highest BCUT2D eigenvalue weighted by Crippen LogP contribution is 2.19. The van der Waals surface area contributed by atoms with Gasteiger partial charge >= 0.3 is 0 Å². The van der Waals surface area contributed by atoms with Crippen LogP contribution in [-0.4, -0.2) is 27.5 Å². The Morgan fingerprint density at radius 1 is 1.50 bits per heavy atom. The number of aromatic nitrogens is 2. The number of pyridine rings is 1. The first-order chi connectivity index (χ1) is 9.69. The van der Waals surface area contributed by atoms with Crippen molar-refractivity contribution in [2.45, 2.75) is 19.3 Å². The first-order valence-corrected chi connectivity index (χ1v) is 7.14. The number of carbonyl (C=O) groups excluding carboxylic acids is 1. The lowest BCUT2D eigenvalue weighted by Gasteiger charge is -2.04. The fourth-order valence-corrected chi connectivity index (χ4v) is 2.47. The quantitative estimate of drug-likeness (QED) is 0.745. The summed E-state index contributed by atoms with van der Waals surface area (Å²) in [6, 6.07) is 3.06. The third kappa shape index (κ3) is 4.01. The van der Waals surface area contributed by atoms with Crippen LogP contribution < -0.4 is 11.1 Å². The Labute approximate surface area is 120 Å². The lowest BCUT2D eigenvalue weighted by molar-refractivity contribution is -0.115. The number of nitrogens with one attached hydrogen (secondary N) is 1. The Morgan fingerprint density at radius 2 is 2.35 bits per heavy atom. The molecule has 0 fully saturated rings. The van der Waals surface area contributed by atoms with Gasteiger partial charge in [0.2, 0.25) is 5.91 Å². The fraction of sp³-hybridized carbons (Fsp3) is 0.308. The number of anilines is 1. The standard InChI is InChI=1S/C13H16N4O2S/c14-5-1-4-12-16-9(8-20-12)7-11(19)17-13-10(18)3-2-6-15-13/h2-3,6,8,18H,1,4-5,7,14H2,(H,15,17,19). The smallest absolute Gasteiger partial charge is 0.231 e. The third-order valence-electron chi connectivity index (χ3n) is 2.58. The van der Waals surface area contributed by atoms with E-state index in [2.05, 4.69) is 15.3 Å². The van der Waals surface area contributed by atoms with Crippen molar-refractivity contribution in [3.63, 3.8) is 0 Å². The van der Waals surface area contributed by atoms with Crippen LogP contribution in [0.3, 0.4) is 0 Å². The molecule has 0 unspecified atom stereocenters. The molecular formula is C13H16N4O2S. The molecule has 0 saturated heterocycles. The van der Waals surface area contributed by atoms with Crippen LogP contribution in [0.4, 0.5) is 5.82 Å². The Balaban J connectivity index is 1.91. The van der Waals surface area contributed by atoms with Crippen molar-refractivity contribution < 1.29 is 9.90 Å². The first-order valence-electron chi connectivity index (χ1n) is 6.26.